The molecule has 1 N–H and O–H groups in total. The Morgan fingerprint density at radius 1 is 1.00 bits per heavy atom. The molecule has 1 fully saturated rings. The maximum Gasteiger partial charge on any atom is 0.307 e. The van der Waals surface area contributed by atoms with Gasteiger partial charge in [-0.15, -0.1) is 10.2 Å². The van der Waals surface area contributed by atoms with Gasteiger partial charge >= 0.3 is 5.97 Å². The van der Waals surface area contributed by atoms with Crippen molar-refractivity contribution in [2.75, 3.05) is 0 Å². The van der Waals surface area contributed by atoms with Gasteiger partial charge < -0.3 is 5.11 Å². The summed E-state index contributed by atoms with van der Waals surface area (Å²) in [6.07, 6.45) is 5.17. The van der Waals surface area contributed by atoms with Crippen molar-refractivity contribution in [3.8, 4) is 17.2 Å². The highest BCUT2D eigenvalue weighted by Crippen LogP contribution is 2.39. The number of carboxylic acid groups (broad SMARTS) is 1. The van der Waals surface area contributed by atoms with Crippen molar-refractivity contribution in [1.82, 2.24) is 19.7 Å². The van der Waals surface area contributed by atoms with Crippen molar-refractivity contribution in [2.24, 2.45) is 5.92 Å². The number of aromatic nitrogens is 4. The Morgan fingerprint density at radius 2 is 1.77 bits per heavy atom. The van der Waals surface area contributed by atoms with Gasteiger partial charge in [0, 0.05) is 17.8 Å². The second-order valence-corrected chi connectivity index (χ2v) is 6.60. The highest BCUT2D eigenvalue weighted by atomic mass is 16.4. The van der Waals surface area contributed by atoms with Gasteiger partial charge in [-0.2, -0.15) is 0 Å². The van der Waals surface area contributed by atoms with Crippen LogP contribution in [0.25, 0.3) is 17.2 Å². The van der Waals surface area contributed by atoms with Gasteiger partial charge in [0.2, 0.25) is 0 Å². The summed E-state index contributed by atoms with van der Waals surface area (Å²) in [4.78, 5) is 16.2. The molecule has 4 rings (SSSR count). The molecule has 0 bridgehead atoms. The average Bonchev–Trinajstić information content (AvgIpc) is 3.14. The van der Waals surface area contributed by atoms with Gasteiger partial charge in [0.25, 0.3) is 0 Å². The number of rotatable bonds is 4. The third kappa shape index (κ3) is 2.98. The molecule has 0 radical (unpaired) electrons. The molecule has 132 valence electrons. The Bertz CT molecular complexity index is 893. The minimum atomic E-state index is -0.753. The molecule has 0 spiro atoms. The zero-order valence-corrected chi connectivity index (χ0v) is 14.3. The summed E-state index contributed by atoms with van der Waals surface area (Å²) in [6, 6.07) is 15.5. The van der Waals surface area contributed by atoms with Crippen molar-refractivity contribution in [1.29, 1.82) is 0 Å². The molecule has 6 heteroatoms. The number of nitrogens with zero attached hydrogens (tertiary/aromatic N) is 4. The fraction of sp³-hybridized carbons (Fsp3) is 0.300. The van der Waals surface area contributed by atoms with Gasteiger partial charge in [-0.3, -0.25) is 14.3 Å². The lowest BCUT2D eigenvalue weighted by Crippen LogP contribution is -2.27. The number of hydrogen-bond acceptors (Lipinski definition) is 4. The van der Waals surface area contributed by atoms with Crippen LogP contribution in [-0.2, 0) is 4.79 Å². The topological polar surface area (TPSA) is 80.9 Å². The Labute approximate surface area is 151 Å². The van der Waals surface area contributed by atoms with Gasteiger partial charge in [0.05, 0.1) is 5.92 Å². The first-order valence-electron chi connectivity index (χ1n) is 8.90. The Morgan fingerprint density at radius 3 is 2.50 bits per heavy atom. The van der Waals surface area contributed by atoms with E-state index < -0.39 is 11.9 Å². The van der Waals surface area contributed by atoms with Gasteiger partial charge in [-0.1, -0.05) is 37.1 Å². The van der Waals surface area contributed by atoms with Crippen LogP contribution in [0.5, 0.6) is 0 Å². The second kappa shape index (κ2) is 7.07. The van der Waals surface area contributed by atoms with E-state index in [1.54, 1.807) is 6.20 Å². The lowest BCUT2D eigenvalue weighted by Gasteiger charge is -2.28. The number of benzene rings is 1. The summed E-state index contributed by atoms with van der Waals surface area (Å²) in [5, 5.41) is 18.5. The third-order valence-corrected chi connectivity index (χ3v) is 5.01. The standard InChI is InChI=1S/C20H20N4O2/c25-20(26)16-11-5-4-10-15(16)18-22-23-19(17-12-6-7-13-21-17)24(18)14-8-2-1-3-9-14/h1-3,6-9,12-13,15-16H,4-5,10-11H2,(H,25,26). The van der Waals surface area contributed by atoms with E-state index >= 15 is 0 Å². The summed E-state index contributed by atoms with van der Waals surface area (Å²) < 4.78 is 1.97. The molecule has 0 amide bonds. The van der Waals surface area contributed by atoms with Crippen molar-refractivity contribution in [3.63, 3.8) is 0 Å². The first-order chi connectivity index (χ1) is 12.8. The lowest BCUT2D eigenvalue weighted by molar-refractivity contribution is -0.143. The van der Waals surface area contributed by atoms with Gasteiger partial charge in [-0.25, -0.2) is 0 Å². The van der Waals surface area contributed by atoms with Crippen LogP contribution < -0.4 is 0 Å². The van der Waals surface area contributed by atoms with Crippen LogP contribution in [0.4, 0.5) is 0 Å². The van der Waals surface area contributed by atoms with Crippen LogP contribution in [-0.4, -0.2) is 30.8 Å². The maximum absolute atomic E-state index is 11.8. The first kappa shape index (κ1) is 16.4. The largest absolute Gasteiger partial charge is 0.481 e. The molecule has 6 nitrogen and oxygen atoms in total. The Balaban J connectivity index is 1.88. The zero-order chi connectivity index (χ0) is 17.9. The van der Waals surface area contributed by atoms with E-state index in [0.29, 0.717) is 18.1 Å². The molecule has 1 aromatic carbocycles. The Kier molecular flexibility index (Phi) is 4.48. The average molecular weight is 348 g/mol. The summed E-state index contributed by atoms with van der Waals surface area (Å²) in [5.74, 6) is 0.0283. The quantitative estimate of drug-likeness (QED) is 0.778. The minimum absolute atomic E-state index is 0.147. The molecule has 3 aromatic rings. The number of aliphatic carboxylic acids is 1. The SMILES string of the molecule is O=C(O)C1CCCCC1c1nnc(-c2ccccn2)n1-c1ccccc1. The van der Waals surface area contributed by atoms with E-state index in [2.05, 4.69) is 15.2 Å². The summed E-state index contributed by atoms with van der Waals surface area (Å²) in [5.41, 5.74) is 1.64. The summed E-state index contributed by atoms with van der Waals surface area (Å²) in [7, 11) is 0. The lowest BCUT2D eigenvalue weighted by atomic mass is 9.78. The van der Waals surface area contributed by atoms with Crippen molar-refractivity contribution in [3.05, 3.63) is 60.6 Å². The summed E-state index contributed by atoms with van der Waals surface area (Å²) in [6.45, 7) is 0. The minimum Gasteiger partial charge on any atom is -0.481 e. The molecule has 2 aromatic heterocycles. The molecule has 1 aliphatic carbocycles. The van der Waals surface area contributed by atoms with Crippen molar-refractivity contribution < 1.29 is 9.90 Å². The fourth-order valence-corrected chi connectivity index (χ4v) is 3.76. The number of pyridine rings is 1. The van der Waals surface area contributed by atoms with Crippen LogP contribution in [0.15, 0.2) is 54.7 Å². The number of carbonyl (C=O) groups is 1. The second-order valence-electron chi connectivity index (χ2n) is 6.60. The maximum atomic E-state index is 11.8. The van der Waals surface area contributed by atoms with E-state index in [1.165, 1.54) is 0 Å². The van der Waals surface area contributed by atoms with Crippen molar-refractivity contribution >= 4 is 5.97 Å². The molecule has 1 aliphatic rings. The molecular formula is C20H20N4O2. The highest BCUT2D eigenvalue weighted by molar-refractivity contribution is 5.71. The van der Waals surface area contributed by atoms with Gasteiger partial charge in [0.1, 0.15) is 11.5 Å². The normalized spacial score (nSPS) is 20.0. The monoisotopic (exact) mass is 348 g/mol. The molecule has 0 saturated heterocycles. The highest BCUT2D eigenvalue weighted by Gasteiger charge is 2.36. The van der Waals surface area contributed by atoms with Gasteiger partial charge in [0.15, 0.2) is 5.82 Å². The molecule has 2 heterocycles. The van der Waals surface area contributed by atoms with E-state index in [9.17, 15) is 9.90 Å². The predicted octanol–water partition coefficient (Wildman–Crippen LogP) is 3.69. The smallest absolute Gasteiger partial charge is 0.307 e. The molecule has 2 unspecified atom stereocenters. The van der Waals surface area contributed by atoms with E-state index in [-0.39, 0.29) is 5.92 Å². The number of para-hydroxylation sites is 1. The van der Waals surface area contributed by atoms with Crippen LogP contribution in [0, 0.1) is 5.92 Å². The number of hydrogen-bond donors (Lipinski definition) is 1. The van der Waals surface area contributed by atoms with Gasteiger partial charge in [-0.05, 0) is 37.1 Å². The molecule has 26 heavy (non-hydrogen) atoms. The van der Waals surface area contributed by atoms with Crippen molar-refractivity contribution in [2.45, 2.75) is 31.6 Å². The Hall–Kier alpha value is -3.02. The van der Waals surface area contributed by atoms with E-state index in [1.807, 2.05) is 53.1 Å². The molecule has 1 saturated carbocycles. The zero-order valence-electron chi connectivity index (χ0n) is 14.3. The van der Waals surface area contributed by atoms with E-state index in [4.69, 9.17) is 0 Å². The molecule has 0 aliphatic heterocycles. The first-order valence-corrected chi connectivity index (χ1v) is 8.90. The van der Waals surface area contributed by atoms with E-state index in [0.717, 1.165) is 30.6 Å². The van der Waals surface area contributed by atoms with Crippen LogP contribution in [0.1, 0.15) is 37.4 Å². The molecule has 2 atom stereocenters. The molecular weight excluding hydrogens is 328 g/mol. The third-order valence-electron chi connectivity index (χ3n) is 5.01. The van der Waals surface area contributed by atoms with Crippen LogP contribution in [0.2, 0.25) is 0 Å². The van der Waals surface area contributed by atoms with Crippen LogP contribution >= 0.6 is 0 Å². The fourth-order valence-electron chi connectivity index (χ4n) is 3.76. The summed E-state index contributed by atoms with van der Waals surface area (Å²) >= 11 is 0. The number of carboxylic acids is 1. The van der Waals surface area contributed by atoms with Crippen LogP contribution in [0.3, 0.4) is 0 Å². The predicted molar refractivity (Wildman–Crippen MR) is 96.9 cm³/mol.